The van der Waals surface area contributed by atoms with Gasteiger partial charge in [-0.05, 0) is 36.8 Å². The number of nitrogens with zero attached hydrogens (tertiary/aromatic N) is 1. The molecule has 1 fully saturated rings. The van der Waals surface area contributed by atoms with E-state index in [1.807, 2.05) is 0 Å². The third kappa shape index (κ3) is 8.34. The summed E-state index contributed by atoms with van der Waals surface area (Å²) < 4.78 is 58.2. The maximum atomic E-state index is 12.8. The molecule has 0 bridgehead atoms. The fourth-order valence-corrected chi connectivity index (χ4v) is 4.85. The minimum atomic E-state index is -4.25. The standard InChI is InChI=1S/C27H31NO11S/c1-16-9-11-22(12-10-16)40(32,33)35-15-23-25(36-17(2)29)26(37-18(3)30)24(27(39-23)38-19(4)31)28-14-20-7-6-8-21(13-20)34-5/h6-14,23-27H,15H2,1-5H3/t23?,24?,25-,26?,27?/m0/s1. The Morgan fingerprint density at radius 1 is 0.925 bits per heavy atom. The van der Waals surface area contributed by atoms with Gasteiger partial charge in [0.2, 0.25) is 6.29 Å². The average molecular weight is 578 g/mol. The Balaban J connectivity index is 1.98. The summed E-state index contributed by atoms with van der Waals surface area (Å²) in [4.78, 5) is 40.4. The number of hydrogen-bond donors (Lipinski definition) is 0. The third-order valence-electron chi connectivity index (χ3n) is 5.69. The van der Waals surface area contributed by atoms with E-state index in [1.54, 1.807) is 43.3 Å². The van der Waals surface area contributed by atoms with Crippen LogP contribution in [-0.2, 0) is 47.6 Å². The Labute approximate surface area is 232 Å². The van der Waals surface area contributed by atoms with Gasteiger partial charge in [-0.3, -0.25) is 23.6 Å². The van der Waals surface area contributed by atoms with Crippen molar-refractivity contribution < 1.29 is 50.7 Å². The molecule has 2 aromatic carbocycles. The summed E-state index contributed by atoms with van der Waals surface area (Å²) >= 11 is 0. The Morgan fingerprint density at radius 2 is 1.55 bits per heavy atom. The van der Waals surface area contributed by atoms with Crippen LogP contribution in [0.25, 0.3) is 0 Å². The molecule has 0 radical (unpaired) electrons. The highest BCUT2D eigenvalue weighted by molar-refractivity contribution is 7.86. The van der Waals surface area contributed by atoms with Gasteiger partial charge in [-0.25, -0.2) is 0 Å². The van der Waals surface area contributed by atoms with Gasteiger partial charge in [0.1, 0.15) is 11.9 Å². The molecule has 4 unspecified atom stereocenters. The van der Waals surface area contributed by atoms with Crippen molar-refractivity contribution in [2.75, 3.05) is 13.7 Å². The van der Waals surface area contributed by atoms with Crippen LogP contribution in [0.4, 0.5) is 0 Å². The fourth-order valence-electron chi connectivity index (χ4n) is 3.93. The molecule has 12 nitrogen and oxygen atoms in total. The molecule has 40 heavy (non-hydrogen) atoms. The maximum absolute atomic E-state index is 12.8. The van der Waals surface area contributed by atoms with Gasteiger partial charge in [-0.15, -0.1) is 0 Å². The van der Waals surface area contributed by atoms with E-state index in [4.69, 9.17) is 27.9 Å². The molecule has 1 aliphatic rings. The van der Waals surface area contributed by atoms with Crippen molar-refractivity contribution >= 4 is 34.2 Å². The Bertz CT molecular complexity index is 1340. The highest BCUT2D eigenvalue weighted by Crippen LogP contribution is 2.30. The zero-order valence-corrected chi connectivity index (χ0v) is 23.5. The number of benzene rings is 2. The number of methoxy groups -OCH3 is 1. The molecule has 1 heterocycles. The van der Waals surface area contributed by atoms with E-state index in [1.165, 1.54) is 25.5 Å². The molecule has 0 aromatic heterocycles. The van der Waals surface area contributed by atoms with Gasteiger partial charge >= 0.3 is 17.9 Å². The van der Waals surface area contributed by atoms with Gasteiger partial charge in [0, 0.05) is 27.0 Å². The number of hydrogen-bond acceptors (Lipinski definition) is 12. The van der Waals surface area contributed by atoms with Crippen molar-refractivity contribution in [2.24, 2.45) is 4.99 Å². The molecule has 1 aliphatic heterocycles. The van der Waals surface area contributed by atoms with E-state index in [2.05, 4.69) is 4.99 Å². The number of aryl methyl sites for hydroxylation is 1. The number of carbonyl (C=O) groups is 3. The quantitative estimate of drug-likeness (QED) is 0.177. The molecule has 13 heteroatoms. The summed E-state index contributed by atoms with van der Waals surface area (Å²) in [6, 6.07) is 11.6. The zero-order chi connectivity index (χ0) is 29.4. The molecular weight excluding hydrogens is 546 g/mol. The minimum Gasteiger partial charge on any atom is -0.497 e. The molecule has 5 atom stereocenters. The lowest BCUT2D eigenvalue weighted by Gasteiger charge is -2.43. The van der Waals surface area contributed by atoms with Crippen LogP contribution in [0.3, 0.4) is 0 Å². The summed E-state index contributed by atoms with van der Waals surface area (Å²) in [5, 5.41) is 0. The van der Waals surface area contributed by atoms with Crippen molar-refractivity contribution in [1.29, 1.82) is 0 Å². The number of aliphatic imine (C=N–C) groups is 1. The smallest absolute Gasteiger partial charge is 0.305 e. The summed E-state index contributed by atoms with van der Waals surface area (Å²) in [7, 11) is -2.75. The van der Waals surface area contributed by atoms with Crippen LogP contribution in [0, 0.1) is 6.92 Å². The lowest BCUT2D eigenvalue weighted by Crippen LogP contribution is -2.61. The molecule has 1 saturated heterocycles. The molecule has 0 spiro atoms. The predicted molar refractivity (Wildman–Crippen MR) is 140 cm³/mol. The molecule has 0 saturated carbocycles. The second-order valence-electron chi connectivity index (χ2n) is 8.90. The Kier molecular flexibility index (Phi) is 10.4. The van der Waals surface area contributed by atoms with E-state index in [0.29, 0.717) is 11.3 Å². The largest absolute Gasteiger partial charge is 0.497 e. The van der Waals surface area contributed by atoms with E-state index in [0.717, 1.165) is 26.3 Å². The van der Waals surface area contributed by atoms with Gasteiger partial charge in [-0.2, -0.15) is 8.42 Å². The Hall–Kier alpha value is -3.81. The summed E-state index contributed by atoms with van der Waals surface area (Å²) in [6.45, 7) is 4.54. The maximum Gasteiger partial charge on any atom is 0.305 e. The van der Waals surface area contributed by atoms with Crippen LogP contribution < -0.4 is 4.74 Å². The van der Waals surface area contributed by atoms with E-state index >= 15 is 0 Å². The third-order valence-corrected chi connectivity index (χ3v) is 6.98. The van der Waals surface area contributed by atoms with Gasteiger partial charge < -0.3 is 23.7 Å². The lowest BCUT2D eigenvalue weighted by atomic mass is 9.96. The lowest BCUT2D eigenvalue weighted by molar-refractivity contribution is -0.264. The molecule has 0 N–H and O–H groups in total. The zero-order valence-electron chi connectivity index (χ0n) is 22.6. The van der Waals surface area contributed by atoms with Crippen molar-refractivity contribution in [3.8, 4) is 5.75 Å². The molecule has 216 valence electrons. The van der Waals surface area contributed by atoms with Crippen molar-refractivity contribution in [2.45, 2.75) is 63.2 Å². The van der Waals surface area contributed by atoms with Crippen LogP contribution in [0.2, 0.25) is 0 Å². The second kappa shape index (κ2) is 13.5. The van der Waals surface area contributed by atoms with Crippen LogP contribution in [0.1, 0.15) is 31.9 Å². The topological polar surface area (TPSA) is 153 Å². The first-order valence-corrected chi connectivity index (χ1v) is 13.6. The predicted octanol–water partition coefficient (Wildman–Crippen LogP) is 2.35. The van der Waals surface area contributed by atoms with Crippen LogP contribution in [-0.4, -0.2) is 76.9 Å². The van der Waals surface area contributed by atoms with E-state index in [9.17, 15) is 22.8 Å². The number of carbonyl (C=O) groups excluding carboxylic acids is 3. The monoisotopic (exact) mass is 577 g/mol. The molecule has 0 aliphatic carbocycles. The number of rotatable bonds is 10. The average Bonchev–Trinajstić information content (AvgIpc) is 2.88. The Morgan fingerprint density at radius 3 is 2.15 bits per heavy atom. The summed E-state index contributed by atoms with van der Waals surface area (Å²) in [6.07, 6.45) is -4.06. The summed E-state index contributed by atoms with van der Waals surface area (Å²) in [5.74, 6) is -1.70. The fraction of sp³-hybridized carbons (Fsp3) is 0.407. The highest BCUT2D eigenvalue weighted by atomic mass is 32.2. The van der Waals surface area contributed by atoms with Gasteiger partial charge in [0.05, 0.1) is 18.6 Å². The molecule has 0 amide bonds. The first-order valence-electron chi connectivity index (χ1n) is 12.2. The van der Waals surface area contributed by atoms with Crippen molar-refractivity contribution in [1.82, 2.24) is 0 Å². The van der Waals surface area contributed by atoms with Gasteiger partial charge in [0.25, 0.3) is 10.1 Å². The van der Waals surface area contributed by atoms with Crippen LogP contribution >= 0.6 is 0 Å². The van der Waals surface area contributed by atoms with E-state index < -0.39 is 65.3 Å². The first-order chi connectivity index (χ1) is 18.9. The number of ether oxygens (including phenoxy) is 5. The molecule has 2 aromatic rings. The van der Waals surface area contributed by atoms with Crippen molar-refractivity contribution in [3.63, 3.8) is 0 Å². The second-order valence-corrected chi connectivity index (χ2v) is 10.5. The normalized spacial score (nSPS) is 22.9. The minimum absolute atomic E-state index is 0.105. The van der Waals surface area contributed by atoms with Gasteiger partial charge in [-0.1, -0.05) is 29.8 Å². The van der Waals surface area contributed by atoms with Gasteiger partial charge in [0.15, 0.2) is 18.2 Å². The summed E-state index contributed by atoms with van der Waals surface area (Å²) in [5.41, 5.74) is 1.44. The van der Waals surface area contributed by atoms with Crippen molar-refractivity contribution in [3.05, 3.63) is 59.7 Å². The highest BCUT2D eigenvalue weighted by Gasteiger charge is 2.51. The van der Waals surface area contributed by atoms with Crippen LogP contribution in [0.15, 0.2) is 58.4 Å². The molecule has 3 rings (SSSR count). The van der Waals surface area contributed by atoms with E-state index in [-0.39, 0.29) is 4.90 Å². The molecular formula is C27H31NO11S. The number of esters is 3. The SMILES string of the molecule is COc1cccc(C=NC2C(OC(C)=O)OC(COS(=O)(=O)c3ccc(C)cc3)[C@H](OC(C)=O)C2OC(C)=O)c1. The first kappa shape index (κ1) is 30.7. The van der Waals surface area contributed by atoms with Crippen LogP contribution in [0.5, 0.6) is 5.75 Å².